The van der Waals surface area contributed by atoms with Crippen molar-refractivity contribution in [3.8, 4) is 11.6 Å². The summed E-state index contributed by atoms with van der Waals surface area (Å²) in [6.45, 7) is 2.46. The Morgan fingerprint density at radius 3 is 2.74 bits per heavy atom. The molecule has 0 aliphatic rings. The van der Waals surface area contributed by atoms with Crippen LogP contribution in [-0.4, -0.2) is 12.0 Å². The molecule has 3 nitrogen and oxygen atoms in total. The fourth-order valence-electron chi connectivity index (χ4n) is 1.73. The molecule has 0 spiro atoms. The number of aromatic nitrogens is 1. The maximum atomic E-state index is 13.5. The van der Waals surface area contributed by atoms with E-state index in [1.54, 1.807) is 6.07 Å². The van der Waals surface area contributed by atoms with Gasteiger partial charge in [0.1, 0.15) is 5.82 Å². The van der Waals surface area contributed by atoms with Crippen LogP contribution in [0.5, 0.6) is 11.6 Å². The minimum Gasteiger partial charge on any atom is -0.436 e. The van der Waals surface area contributed by atoms with Crippen LogP contribution in [0.2, 0.25) is 0 Å². The molecule has 5 heteroatoms. The number of nitrogens with zero attached hydrogens (tertiary/aromatic N) is 1. The lowest BCUT2D eigenvalue weighted by Gasteiger charge is -2.09. The Hall–Kier alpha value is -2.01. The molecule has 0 aliphatic carbocycles. The van der Waals surface area contributed by atoms with Crippen LogP contribution in [-0.2, 0) is 6.54 Å². The maximum absolute atomic E-state index is 13.5. The van der Waals surface area contributed by atoms with Gasteiger partial charge < -0.3 is 10.1 Å². The zero-order chi connectivity index (χ0) is 13.8. The molecule has 0 saturated carbocycles. The van der Waals surface area contributed by atoms with Crippen LogP contribution in [0.4, 0.5) is 8.78 Å². The molecular formula is C14H14F2N2O. The van der Waals surface area contributed by atoms with E-state index in [9.17, 15) is 8.78 Å². The molecule has 0 radical (unpaired) electrons. The number of nitrogens with one attached hydrogen (secondary N) is 1. The quantitative estimate of drug-likeness (QED) is 0.921. The van der Waals surface area contributed by atoms with Crippen molar-refractivity contribution in [1.82, 2.24) is 10.3 Å². The highest BCUT2D eigenvalue weighted by molar-refractivity contribution is 5.32. The summed E-state index contributed by atoms with van der Waals surface area (Å²) < 4.78 is 31.8. The minimum atomic E-state index is -0.625. The topological polar surface area (TPSA) is 34.2 Å². The van der Waals surface area contributed by atoms with E-state index in [1.807, 2.05) is 20.0 Å². The molecule has 0 fully saturated rings. The highest BCUT2D eigenvalue weighted by Gasteiger charge is 2.08. The van der Waals surface area contributed by atoms with Gasteiger partial charge in [-0.15, -0.1) is 0 Å². The summed E-state index contributed by atoms with van der Waals surface area (Å²) in [5.41, 5.74) is 1.71. The molecule has 1 heterocycles. The first-order chi connectivity index (χ1) is 9.08. The molecule has 2 rings (SSSR count). The van der Waals surface area contributed by atoms with Crippen molar-refractivity contribution < 1.29 is 13.5 Å². The standard InChI is InChI=1S/C14H14F2N2O/c1-9-5-10(8-17-2)6-14(18-9)19-13-7-11(15)3-4-12(13)16/h3-7,17H,8H2,1-2H3. The summed E-state index contributed by atoms with van der Waals surface area (Å²) in [6.07, 6.45) is 0. The number of benzene rings is 1. The van der Waals surface area contributed by atoms with Crippen molar-refractivity contribution in [2.24, 2.45) is 0 Å². The number of hydrogen-bond donors (Lipinski definition) is 1. The SMILES string of the molecule is CNCc1cc(C)nc(Oc2cc(F)ccc2F)c1. The van der Waals surface area contributed by atoms with Gasteiger partial charge in [-0.25, -0.2) is 13.8 Å². The molecule has 0 atom stereocenters. The Bertz CT molecular complexity index is 588. The second-order valence-electron chi connectivity index (χ2n) is 4.16. The Morgan fingerprint density at radius 2 is 2.00 bits per heavy atom. The third kappa shape index (κ3) is 3.48. The summed E-state index contributed by atoms with van der Waals surface area (Å²) in [5.74, 6) is -1.11. The molecule has 1 aromatic carbocycles. The predicted molar refractivity (Wildman–Crippen MR) is 68.2 cm³/mol. The lowest BCUT2D eigenvalue weighted by molar-refractivity contribution is 0.421. The molecule has 0 saturated heterocycles. The third-order valence-electron chi connectivity index (χ3n) is 2.48. The lowest BCUT2D eigenvalue weighted by atomic mass is 10.2. The van der Waals surface area contributed by atoms with Gasteiger partial charge in [0.2, 0.25) is 5.88 Å². The first kappa shape index (κ1) is 13.4. The molecular weight excluding hydrogens is 250 g/mol. The van der Waals surface area contributed by atoms with Crippen molar-refractivity contribution in [3.63, 3.8) is 0 Å². The van der Waals surface area contributed by atoms with Crippen molar-refractivity contribution in [2.45, 2.75) is 13.5 Å². The Morgan fingerprint density at radius 1 is 1.21 bits per heavy atom. The van der Waals surface area contributed by atoms with E-state index >= 15 is 0 Å². The number of hydrogen-bond acceptors (Lipinski definition) is 3. The highest BCUT2D eigenvalue weighted by atomic mass is 19.1. The van der Waals surface area contributed by atoms with Crippen LogP contribution in [0, 0.1) is 18.6 Å². The van der Waals surface area contributed by atoms with E-state index in [4.69, 9.17) is 4.74 Å². The van der Waals surface area contributed by atoms with Gasteiger partial charge in [-0.2, -0.15) is 0 Å². The van der Waals surface area contributed by atoms with Gasteiger partial charge in [0.15, 0.2) is 11.6 Å². The molecule has 0 bridgehead atoms. The van der Waals surface area contributed by atoms with E-state index in [2.05, 4.69) is 10.3 Å². The predicted octanol–water partition coefficient (Wildman–Crippen LogP) is 3.18. The number of aryl methyl sites for hydroxylation is 1. The molecule has 19 heavy (non-hydrogen) atoms. The smallest absolute Gasteiger partial charge is 0.219 e. The van der Waals surface area contributed by atoms with Gasteiger partial charge in [0, 0.05) is 24.4 Å². The summed E-state index contributed by atoms with van der Waals surface area (Å²) >= 11 is 0. The normalized spacial score (nSPS) is 10.5. The molecule has 1 aromatic heterocycles. The van der Waals surface area contributed by atoms with Crippen LogP contribution in [0.25, 0.3) is 0 Å². The van der Waals surface area contributed by atoms with Crippen molar-refractivity contribution in [3.05, 3.63) is 53.2 Å². The van der Waals surface area contributed by atoms with Crippen LogP contribution < -0.4 is 10.1 Å². The first-order valence-corrected chi connectivity index (χ1v) is 5.83. The third-order valence-corrected chi connectivity index (χ3v) is 2.48. The average molecular weight is 264 g/mol. The molecule has 100 valence electrons. The second kappa shape index (κ2) is 5.75. The minimum absolute atomic E-state index is 0.173. The van der Waals surface area contributed by atoms with Gasteiger partial charge in [-0.05, 0) is 37.7 Å². The van der Waals surface area contributed by atoms with E-state index in [0.717, 1.165) is 29.5 Å². The first-order valence-electron chi connectivity index (χ1n) is 5.83. The van der Waals surface area contributed by atoms with Crippen LogP contribution >= 0.6 is 0 Å². The number of halogens is 2. The fourth-order valence-corrected chi connectivity index (χ4v) is 1.73. The summed E-state index contributed by atoms with van der Waals surface area (Å²) in [6, 6.07) is 6.64. The summed E-state index contributed by atoms with van der Waals surface area (Å²) in [5, 5.41) is 3.01. The van der Waals surface area contributed by atoms with Crippen LogP contribution in [0.15, 0.2) is 30.3 Å². The number of rotatable bonds is 4. The summed E-state index contributed by atoms with van der Waals surface area (Å²) in [7, 11) is 1.82. The number of pyridine rings is 1. The van der Waals surface area contributed by atoms with Crippen molar-refractivity contribution in [2.75, 3.05) is 7.05 Å². The Kier molecular flexibility index (Phi) is 4.06. The molecule has 0 unspecified atom stereocenters. The zero-order valence-corrected chi connectivity index (χ0v) is 10.7. The van der Waals surface area contributed by atoms with E-state index in [1.165, 1.54) is 0 Å². The van der Waals surface area contributed by atoms with Gasteiger partial charge in [-0.3, -0.25) is 0 Å². The fraction of sp³-hybridized carbons (Fsp3) is 0.214. The average Bonchev–Trinajstić information content (AvgIpc) is 2.33. The second-order valence-corrected chi connectivity index (χ2v) is 4.16. The van der Waals surface area contributed by atoms with Gasteiger partial charge in [0.25, 0.3) is 0 Å². The van der Waals surface area contributed by atoms with Crippen LogP contribution in [0.1, 0.15) is 11.3 Å². The van der Waals surface area contributed by atoms with Gasteiger partial charge >= 0.3 is 0 Å². The van der Waals surface area contributed by atoms with E-state index < -0.39 is 11.6 Å². The summed E-state index contributed by atoms with van der Waals surface area (Å²) in [4.78, 5) is 4.14. The maximum Gasteiger partial charge on any atom is 0.219 e. The largest absolute Gasteiger partial charge is 0.436 e. The van der Waals surface area contributed by atoms with Gasteiger partial charge in [0.05, 0.1) is 0 Å². The highest BCUT2D eigenvalue weighted by Crippen LogP contribution is 2.24. The molecule has 1 N–H and O–H groups in total. The van der Waals surface area contributed by atoms with Crippen molar-refractivity contribution in [1.29, 1.82) is 0 Å². The van der Waals surface area contributed by atoms with Crippen LogP contribution in [0.3, 0.4) is 0 Å². The Labute approximate surface area is 110 Å². The monoisotopic (exact) mass is 264 g/mol. The molecule has 0 aliphatic heterocycles. The molecule has 2 aromatic rings. The lowest BCUT2D eigenvalue weighted by Crippen LogP contribution is -2.06. The number of ether oxygens (including phenoxy) is 1. The molecule has 0 amide bonds. The van der Waals surface area contributed by atoms with Crippen molar-refractivity contribution >= 4 is 0 Å². The Balaban J connectivity index is 2.29. The van der Waals surface area contributed by atoms with Gasteiger partial charge in [-0.1, -0.05) is 0 Å². The van der Waals surface area contributed by atoms with E-state index in [-0.39, 0.29) is 11.6 Å². The van der Waals surface area contributed by atoms with E-state index in [0.29, 0.717) is 6.54 Å². The zero-order valence-electron chi connectivity index (χ0n) is 10.7.